The number of halogens is 2. The number of rotatable bonds is 7. The lowest BCUT2D eigenvalue weighted by atomic mass is 10.2. The number of pyridine rings is 1. The summed E-state index contributed by atoms with van der Waals surface area (Å²) in [5.41, 5.74) is 1.86. The van der Waals surface area contributed by atoms with Crippen molar-refractivity contribution in [3.63, 3.8) is 0 Å². The molecule has 3 aromatic rings. The highest BCUT2D eigenvalue weighted by Gasteiger charge is 2.16. The van der Waals surface area contributed by atoms with Gasteiger partial charge in [0.05, 0.1) is 4.90 Å². The van der Waals surface area contributed by atoms with Gasteiger partial charge >= 0.3 is 6.03 Å². The molecule has 2 amide bonds. The van der Waals surface area contributed by atoms with Gasteiger partial charge in [0, 0.05) is 46.8 Å². The van der Waals surface area contributed by atoms with E-state index in [1.165, 1.54) is 24.3 Å². The van der Waals surface area contributed by atoms with E-state index in [2.05, 4.69) is 20.3 Å². The van der Waals surface area contributed by atoms with Gasteiger partial charge in [-0.3, -0.25) is 4.98 Å². The van der Waals surface area contributed by atoms with Gasteiger partial charge in [-0.05, 0) is 54.1 Å². The van der Waals surface area contributed by atoms with E-state index in [1.807, 2.05) is 0 Å². The van der Waals surface area contributed by atoms with Gasteiger partial charge in [0.2, 0.25) is 10.0 Å². The number of sulfonamides is 1. The highest BCUT2D eigenvalue weighted by atomic mass is 35.5. The van der Waals surface area contributed by atoms with Crippen molar-refractivity contribution in [1.29, 1.82) is 0 Å². The zero-order chi connectivity index (χ0) is 21.6. The standard InChI is InChI=1S/C20H18Cl2N4O3S/c21-18-2-1-3-19(22)17(18)13-25-30(28,29)16-6-4-15(5-7-16)26-20(27)24-12-14-8-10-23-11-9-14/h1-11,25H,12-13H2,(H2,24,26,27). The maximum Gasteiger partial charge on any atom is 0.319 e. The number of aromatic nitrogens is 1. The average molecular weight is 465 g/mol. The lowest BCUT2D eigenvalue weighted by Crippen LogP contribution is -2.28. The van der Waals surface area contributed by atoms with Crippen LogP contribution < -0.4 is 15.4 Å². The SMILES string of the molecule is O=C(NCc1ccncc1)Nc1ccc(S(=O)(=O)NCc2c(Cl)cccc2Cl)cc1. The van der Waals surface area contributed by atoms with E-state index in [1.54, 1.807) is 42.7 Å². The molecule has 0 unspecified atom stereocenters. The molecule has 3 N–H and O–H groups in total. The van der Waals surface area contributed by atoms with Gasteiger partial charge in [0.15, 0.2) is 0 Å². The van der Waals surface area contributed by atoms with E-state index in [0.29, 0.717) is 27.8 Å². The Balaban J connectivity index is 1.58. The Kier molecular flexibility index (Phi) is 7.28. The fraction of sp³-hybridized carbons (Fsp3) is 0.100. The first kappa shape index (κ1) is 22.0. The predicted octanol–water partition coefficient (Wildman–Crippen LogP) is 4.19. The molecule has 10 heteroatoms. The van der Waals surface area contributed by atoms with Crippen LogP contribution in [0.4, 0.5) is 10.5 Å². The number of hydrogen-bond acceptors (Lipinski definition) is 4. The summed E-state index contributed by atoms with van der Waals surface area (Å²) in [6.07, 6.45) is 3.28. The largest absolute Gasteiger partial charge is 0.334 e. The van der Waals surface area contributed by atoms with Crippen molar-refractivity contribution in [2.24, 2.45) is 0 Å². The van der Waals surface area contributed by atoms with Crippen LogP contribution in [0.2, 0.25) is 10.0 Å². The summed E-state index contributed by atoms with van der Waals surface area (Å²) in [6.45, 7) is 0.299. The first-order valence-electron chi connectivity index (χ1n) is 8.81. The van der Waals surface area contributed by atoms with Gasteiger partial charge < -0.3 is 10.6 Å². The monoisotopic (exact) mass is 464 g/mol. The molecule has 1 heterocycles. The summed E-state index contributed by atoms with van der Waals surface area (Å²) in [6, 6.07) is 13.9. The lowest BCUT2D eigenvalue weighted by molar-refractivity contribution is 0.251. The molecule has 0 aliphatic carbocycles. The van der Waals surface area contributed by atoms with Crippen LogP contribution in [0, 0.1) is 0 Å². The Hall–Kier alpha value is -2.65. The predicted molar refractivity (Wildman–Crippen MR) is 117 cm³/mol. The molecule has 156 valence electrons. The first-order chi connectivity index (χ1) is 14.3. The molecule has 0 aliphatic rings. The molecule has 0 saturated heterocycles. The molecule has 7 nitrogen and oxygen atoms in total. The van der Waals surface area contributed by atoms with Crippen LogP contribution in [-0.4, -0.2) is 19.4 Å². The number of carbonyl (C=O) groups is 1. The van der Waals surface area contributed by atoms with Crippen LogP contribution in [0.25, 0.3) is 0 Å². The third-order valence-corrected chi connectivity index (χ3v) is 6.25. The van der Waals surface area contributed by atoms with E-state index in [9.17, 15) is 13.2 Å². The van der Waals surface area contributed by atoms with Gasteiger partial charge in [-0.25, -0.2) is 17.9 Å². The summed E-state index contributed by atoms with van der Waals surface area (Å²) in [5, 5.41) is 6.11. The third kappa shape index (κ3) is 5.93. The van der Waals surface area contributed by atoms with Gasteiger partial charge in [-0.2, -0.15) is 0 Å². The zero-order valence-electron chi connectivity index (χ0n) is 15.6. The Morgan fingerprint density at radius 1 is 0.900 bits per heavy atom. The number of benzene rings is 2. The number of hydrogen-bond donors (Lipinski definition) is 3. The Morgan fingerprint density at radius 2 is 1.53 bits per heavy atom. The van der Waals surface area contributed by atoms with Crippen LogP contribution in [-0.2, 0) is 23.1 Å². The second-order valence-corrected chi connectivity index (χ2v) is 8.79. The Labute approximate surface area is 184 Å². The quantitative estimate of drug-likeness (QED) is 0.487. The highest BCUT2D eigenvalue weighted by molar-refractivity contribution is 7.89. The second-order valence-electron chi connectivity index (χ2n) is 6.21. The molecule has 2 aromatic carbocycles. The fourth-order valence-corrected chi connectivity index (χ4v) is 4.05. The van der Waals surface area contributed by atoms with Crippen molar-refractivity contribution in [2.45, 2.75) is 18.0 Å². The summed E-state index contributed by atoms with van der Waals surface area (Å²) < 4.78 is 27.5. The molecule has 0 radical (unpaired) electrons. The summed E-state index contributed by atoms with van der Waals surface area (Å²) in [4.78, 5) is 16.0. The number of anilines is 1. The molecule has 1 aromatic heterocycles. The first-order valence-corrected chi connectivity index (χ1v) is 11.1. The molecule has 0 aliphatic heterocycles. The summed E-state index contributed by atoms with van der Waals surface area (Å²) >= 11 is 12.1. The second kappa shape index (κ2) is 9.90. The number of carbonyl (C=O) groups excluding carboxylic acids is 1. The van der Waals surface area contributed by atoms with E-state index in [-0.39, 0.29) is 11.4 Å². The van der Waals surface area contributed by atoms with Crippen molar-refractivity contribution in [3.05, 3.63) is 88.2 Å². The zero-order valence-corrected chi connectivity index (χ0v) is 17.9. The molecule has 0 fully saturated rings. The minimum absolute atomic E-state index is 0.0434. The van der Waals surface area contributed by atoms with Crippen LogP contribution in [0.5, 0.6) is 0 Å². The Bertz CT molecular complexity index is 1100. The van der Waals surface area contributed by atoms with E-state index in [0.717, 1.165) is 5.56 Å². The Morgan fingerprint density at radius 3 is 2.17 bits per heavy atom. The maximum absolute atomic E-state index is 12.5. The van der Waals surface area contributed by atoms with Gasteiger partial charge in [0.25, 0.3) is 0 Å². The fourth-order valence-electron chi connectivity index (χ4n) is 2.53. The molecule has 3 rings (SSSR count). The van der Waals surface area contributed by atoms with Crippen molar-refractivity contribution in [1.82, 2.24) is 15.0 Å². The minimum atomic E-state index is -3.79. The molecule has 30 heavy (non-hydrogen) atoms. The third-order valence-electron chi connectivity index (χ3n) is 4.13. The van der Waals surface area contributed by atoms with Crippen LogP contribution in [0.1, 0.15) is 11.1 Å². The lowest BCUT2D eigenvalue weighted by Gasteiger charge is -2.11. The maximum atomic E-state index is 12.5. The smallest absolute Gasteiger partial charge is 0.319 e. The average Bonchev–Trinajstić information content (AvgIpc) is 2.73. The summed E-state index contributed by atoms with van der Waals surface area (Å²) in [5.74, 6) is 0. The molecular weight excluding hydrogens is 447 g/mol. The van der Waals surface area contributed by atoms with E-state index in [4.69, 9.17) is 23.2 Å². The molecule has 0 saturated carbocycles. The van der Waals surface area contributed by atoms with Crippen molar-refractivity contribution in [3.8, 4) is 0 Å². The van der Waals surface area contributed by atoms with Gasteiger partial charge in [-0.1, -0.05) is 29.3 Å². The molecule has 0 bridgehead atoms. The number of amides is 2. The molecular formula is C20H18Cl2N4O3S. The van der Waals surface area contributed by atoms with E-state index >= 15 is 0 Å². The van der Waals surface area contributed by atoms with Crippen LogP contribution >= 0.6 is 23.2 Å². The molecule has 0 atom stereocenters. The highest BCUT2D eigenvalue weighted by Crippen LogP contribution is 2.24. The molecule has 0 spiro atoms. The van der Waals surface area contributed by atoms with Crippen LogP contribution in [0.3, 0.4) is 0 Å². The van der Waals surface area contributed by atoms with Gasteiger partial charge in [-0.15, -0.1) is 0 Å². The normalized spacial score (nSPS) is 11.1. The topological polar surface area (TPSA) is 100 Å². The van der Waals surface area contributed by atoms with Crippen molar-refractivity contribution >= 4 is 44.9 Å². The van der Waals surface area contributed by atoms with Crippen molar-refractivity contribution < 1.29 is 13.2 Å². The number of nitrogens with zero attached hydrogens (tertiary/aromatic N) is 1. The number of nitrogens with one attached hydrogen (secondary N) is 3. The van der Waals surface area contributed by atoms with Crippen LogP contribution in [0.15, 0.2) is 71.9 Å². The van der Waals surface area contributed by atoms with E-state index < -0.39 is 16.1 Å². The minimum Gasteiger partial charge on any atom is -0.334 e. The number of urea groups is 1. The van der Waals surface area contributed by atoms with Gasteiger partial charge in [0.1, 0.15) is 0 Å². The van der Waals surface area contributed by atoms with Crippen molar-refractivity contribution in [2.75, 3.05) is 5.32 Å². The summed E-state index contributed by atoms with van der Waals surface area (Å²) in [7, 11) is -3.79.